The minimum Gasteiger partial charge on any atom is -0.379 e. The van der Waals surface area contributed by atoms with Gasteiger partial charge in [-0.15, -0.1) is 0 Å². The number of nitrogens with zero attached hydrogens (tertiary/aromatic N) is 2. The van der Waals surface area contributed by atoms with Crippen LogP contribution in [0.1, 0.15) is 23.8 Å². The van der Waals surface area contributed by atoms with Gasteiger partial charge in [-0.05, 0) is 25.5 Å². The first kappa shape index (κ1) is 12.8. The SMILES string of the molecule is CN(C)C(=O)c1cc(NC2(C)CCOC2)ccn1. The van der Waals surface area contributed by atoms with Crippen LogP contribution >= 0.6 is 0 Å². The molecule has 1 unspecified atom stereocenters. The van der Waals surface area contributed by atoms with E-state index in [4.69, 9.17) is 4.74 Å². The molecule has 0 bridgehead atoms. The molecule has 1 fully saturated rings. The lowest BCUT2D eigenvalue weighted by molar-refractivity contribution is 0.0822. The third-order valence-electron chi connectivity index (χ3n) is 3.05. The van der Waals surface area contributed by atoms with E-state index in [-0.39, 0.29) is 11.4 Å². The zero-order valence-corrected chi connectivity index (χ0v) is 11.1. The molecule has 0 saturated carbocycles. The maximum Gasteiger partial charge on any atom is 0.272 e. The molecule has 0 spiro atoms. The smallest absolute Gasteiger partial charge is 0.272 e. The first-order valence-electron chi connectivity index (χ1n) is 6.04. The number of carbonyl (C=O) groups is 1. The van der Waals surface area contributed by atoms with Gasteiger partial charge in [0.1, 0.15) is 5.69 Å². The van der Waals surface area contributed by atoms with Crippen molar-refractivity contribution >= 4 is 11.6 Å². The molecule has 1 saturated heterocycles. The van der Waals surface area contributed by atoms with Crippen molar-refractivity contribution in [1.82, 2.24) is 9.88 Å². The lowest BCUT2D eigenvalue weighted by Crippen LogP contribution is -2.35. The summed E-state index contributed by atoms with van der Waals surface area (Å²) in [7, 11) is 3.44. The number of anilines is 1. The van der Waals surface area contributed by atoms with Gasteiger partial charge in [0, 0.05) is 32.6 Å². The molecule has 1 atom stereocenters. The molecule has 2 rings (SSSR count). The summed E-state index contributed by atoms with van der Waals surface area (Å²) in [6, 6.07) is 3.65. The van der Waals surface area contributed by atoms with E-state index in [0.717, 1.165) is 18.7 Å². The van der Waals surface area contributed by atoms with Crippen molar-refractivity contribution in [3.05, 3.63) is 24.0 Å². The van der Waals surface area contributed by atoms with Gasteiger partial charge < -0.3 is 15.0 Å². The summed E-state index contributed by atoms with van der Waals surface area (Å²) in [5, 5.41) is 3.42. The van der Waals surface area contributed by atoms with Gasteiger partial charge in [-0.25, -0.2) is 0 Å². The first-order chi connectivity index (χ1) is 8.50. The van der Waals surface area contributed by atoms with Crippen LogP contribution in [0.4, 0.5) is 5.69 Å². The number of pyridine rings is 1. The van der Waals surface area contributed by atoms with Crippen molar-refractivity contribution in [1.29, 1.82) is 0 Å². The Morgan fingerprint density at radius 3 is 2.94 bits per heavy atom. The number of rotatable bonds is 3. The summed E-state index contributed by atoms with van der Waals surface area (Å²) in [5.74, 6) is -0.0912. The average Bonchev–Trinajstić information content (AvgIpc) is 2.75. The lowest BCUT2D eigenvalue weighted by Gasteiger charge is -2.25. The van der Waals surface area contributed by atoms with Crippen LogP contribution in [-0.2, 0) is 4.74 Å². The predicted octanol–water partition coefficient (Wildman–Crippen LogP) is 1.37. The summed E-state index contributed by atoms with van der Waals surface area (Å²) in [5.41, 5.74) is 1.30. The van der Waals surface area contributed by atoms with Crippen molar-refractivity contribution in [2.24, 2.45) is 0 Å². The number of amides is 1. The molecule has 98 valence electrons. The fourth-order valence-corrected chi connectivity index (χ4v) is 1.97. The zero-order chi connectivity index (χ0) is 13.2. The van der Waals surface area contributed by atoms with Crippen LogP contribution < -0.4 is 5.32 Å². The topological polar surface area (TPSA) is 54.5 Å². The maximum absolute atomic E-state index is 11.8. The molecule has 1 amide bonds. The fraction of sp³-hybridized carbons (Fsp3) is 0.538. The molecule has 0 aliphatic carbocycles. The van der Waals surface area contributed by atoms with E-state index >= 15 is 0 Å². The minimum atomic E-state index is -0.0912. The molecule has 18 heavy (non-hydrogen) atoms. The van der Waals surface area contributed by atoms with Crippen LogP contribution in [0.15, 0.2) is 18.3 Å². The summed E-state index contributed by atoms with van der Waals surface area (Å²) in [6.45, 7) is 3.58. The second kappa shape index (κ2) is 4.94. The molecule has 0 aromatic carbocycles. The number of carbonyl (C=O) groups excluding carboxylic acids is 1. The lowest BCUT2D eigenvalue weighted by atomic mass is 10.0. The molecule has 0 radical (unpaired) electrons. The van der Waals surface area contributed by atoms with E-state index < -0.39 is 0 Å². The molecule has 5 nitrogen and oxygen atoms in total. The predicted molar refractivity (Wildman–Crippen MR) is 69.7 cm³/mol. The second-order valence-corrected chi connectivity index (χ2v) is 5.12. The summed E-state index contributed by atoms with van der Waals surface area (Å²) >= 11 is 0. The number of hydrogen-bond acceptors (Lipinski definition) is 4. The van der Waals surface area contributed by atoms with Crippen molar-refractivity contribution in [2.45, 2.75) is 18.9 Å². The van der Waals surface area contributed by atoms with Crippen LogP contribution in [0.2, 0.25) is 0 Å². The maximum atomic E-state index is 11.8. The van der Waals surface area contributed by atoms with E-state index in [1.807, 2.05) is 6.07 Å². The Labute approximate surface area is 107 Å². The minimum absolute atomic E-state index is 0.0558. The van der Waals surface area contributed by atoms with E-state index in [1.165, 1.54) is 4.90 Å². The Bertz CT molecular complexity index is 440. The second-order valence-electron chi connectivity index (χ2n) is 5.12. The van der Waals surface area contributed by atoms with Gasteiger partial charge in [-0.3, -0.25) is 9.78 Å². The van der Waals surface area contributed by atoms with E-state index in [0.29, 0.717) is 12.3 Å². The third-order valence-corrected chi connectivity index (χ3v) is 3.05. The average molecular weight is 249 g/mol. The largest absolute Gasteiger partial charge is 0.379 e. The standard InChI is InChI=1S/C13H19N3O2/c1-13(5-7-18-9-13)15-10-4-6-14-11(8-10)12(17)16(2)3/h4,6,8H,5,7,9H2,1-3H3,(H,14,15). The molecule has 2 heterocycles. The van der Waals surface area contributed by atoms with Gasteiger partial charge in [0.05, 0.1) is 12.1 Å². The molecule has 1 aromatic heterocycles. The molecular formula is C13H19N3O2. The van der Waals surface area contributed by atoms with E-state index in [1.54, 1.807) is 26.4 Å². The molecule has 1 N–H and O–H groups in total. The van der Waals surface area contributed by atoms with Crippen LogP contribution in [-0.4, -0.2) is 48.6 Å². The number of ether oxygens (including phenoxy) is 1. The van der Waals surface area contributed by atoms with Gasteiger partial charge >= 0.3 is 0 Å². The number of hydrogen-bond donors (Lipinski definition) is 1. The highest BCUT2D eigenvalue weighted by atomic mass is 16.5. The highest BCUT2D eigenvalue weighted by Gasteiger charge is 2.29. The van der Waals surface area contributed by atoms with E-state index in [2.05, 4.69) is 17.2 Å². The van der Waals surface area contributed by atoms with Gasteiger partial charge in [-0.2, -0.15) is 0 Å². The molecule has 1 aliphatic heterocycles. The summed E-state index contributed by atoms with van der Waals surface area (Å²) in [6.07, 6.45) is 2.62. The summed E-state index contributed by atoms with van der Waals surface area (Å²) in [4.78, 5) is 17.4. The van der Waals surface area contributed by atoms with Crippen LogP contribution in [0.3, 0.4) is 0 Å². The van der Waals surface area contributed by atoms with Crippen molar-refractivity contribution in [3.63, 3.8) is 0 Å². The molecule has 5 heteroatoms. The van der Waals surface area contributed by atoms with Gasteiger partial charge in [0.25, 0.3) is 5.91 Å². The van der Waals surface area contributed by atoms with Crippen LogP contribution in [0.25, 0.3) is 0 Å². The third kappa shape index (κ3) is 2.79. The van der Waals surface area contributed by atoms with Crippen molar-refractivity contribution in [2.75, 3.05) is 32.6 Å². The molecule has 1 aliphatic rings. The molecule has 1 aromatic rings. The van der Waals surface area contributed by atoms with Crippen LogP contribution in [0, 0.1) is 0 Å². The number of aromatic nitrogens is 1. The Morgan fingerprint density at radius 1 is 1.56 bits per heavy atom. The highest BCUT2D eigenvalue weighted by Crippen LogP contribution is 2.23. The van der Waals surface area contributed by atoms with Gasteiger partial charge in [0.15, 0.2) is 0 Å². The Balaban J connectivity index is 2.14. The molecular weight excluding hydrogens is 230 g/mol. The Hall–Kier alpha value is -1.62. The van der Waals surface area contributed by atoms with E-state index in [9.17, 15) is 4.79 Å². The Kier molecular flexibility index (Phi) is 3.52. The quantitative estimate of drug-likeness (QED) is 0.879. The zero-order valence-electron chi connectivity index (χ0n) is 11.1. The number of nitrogens with one attached hydrogen (secondary N) is 1. The highest BCUT2D eigenvalue weighted by molar-refractivity contribution is 5.92. The fourth-order valence-electron chi connectivity index (χ4n) is 1.97. The van der Waals surface area contributed by atoms with Gasteiger partial charge in [-0.1, -0.05) is 0 Å². The monoisotopic (exact) mass is 249 g/mol. The summed E-state index contributed by atoms with van der Waals surface area (Å²) < 4.78 is 5.39. The van der Waals surface area contributed by atoms with Crippen molar-refractivity contribution < 1.29 is 9.53 Å². The normalized spacial score (nSPS) is 22.8. The Morgan fingerprint density at radius 2 is 2.33 bits per heavy atom. The first-order valence-corrected chi connectivity index (χ1v) is 6.04. The van der Waals surface area contributed by atoms with Crippen LogP contribution in [0.5, 0.6) is 0 Å². The van der Waals surface area contributed by atoms with Gasteiger partial charge in [0.2, 0.25) is 0 Å². The van der Waals surface area contributed by atoms with Crippen molar-refractivity contribution in [3.8, 4) is 0 Å².